The number of aromatic nitrogens is 2. The van der Waals surface area contributed by atoms with Crippen molar-refractivity contribution in [3.8, 4) is 11.8 Å². The van der Waals surface area contributed by atoms with Crippen molar-refractivity contribution in [3.05, 3.63) is 46.8 Å². The summed E-state index contributed by atoms with van der Waals surface area (Å²) in [5.74, 6) is 6.18. The second-order valence-electron chi connectivity index (χ2n) is 8.46. The van der Waals surface area contributed by atoms with Crippen LogP contribution in [0, 0.1) is 29.5 Å². The zero-order chi connectivity index (χ0) is 21.5. The van der Waals surface area contributed by atoms with Gasteiger partial charge in [-0.2, -0.15) is 0 Å². The van der Waals surface area contributed by atoms with Crippen molar-refractivity contribution in [3.63, 3.8) is 0 Å². The zero-order valence-electron chi connectivity index (χ0n) is 17.1. The van der Waals surface area contributed by atoms with Gasteiger partial charge >= 0.3 is 0 Å². The van der Waals surface area contributed by atoms with E-state index >= 15 is 0 Å². The molecule has 5 nitrogen and oxygen atoms in total. The highest BCUT2D eigenvalue weighted by atomic mass is 35.5. The minimum Gasteiger partial charge on any atom is -0.378 e. The topological polar surface area (TPSA) is 67.2 Å². The Morgan fingerprint density at radius 3 is 2.73 bits per heavy atom. The van der Waals surface area contributed by atoms with Gasteiger partial charge in [0.1, 0.15) is 17.1 Å². The average molecular weight is 430 g/mol. The number of benzene rings is 1. The Balaban J connectivity index is 1.50. The van der Waals surface area contributed by atoms with Gasteiger partial charge in [0.25, 0.3) is 5.91 Å². The molecule has 2 saturated carbocycles. The molecule has 1 amide bonds. The number of halogens is 2. The molecule has 7 heteroatoms. The monoisotopic (exact) mass is 429 g/mol. The maximum absolute atomic E-state index is 13.4. The highest BCUT2D eigenvalue weighted by Gasteiger charge is 2.49. The highest BCUT2D eigenvalue weighted by molar-refractivity contribution is 6.31. The van der Waals surface area contributed by atoms with Gasteiger partial charge in [-0.15, -0.1) is 5.92 Å². The lowest BCUT2D eigenvalue weighted by Gasteiger charge is -2.19. The van der Waals surface area contributed by atoms with Gasteiger partial charge < -0.3 is 15.0 Å². The lowest BCUT2D eigenvalue weighted by molar-refractivity contribution is 0.0978. The largest absolute Gasteiger partial charge is 0.378 e. The summed E-state index contributed by atoms with van der Waals surface area (Å²) in [6, 6.07) is 4.10. The van der Waals surface area contributed by atoms with E-state index in [0.29, 0.717) is 36.1 Å². The summed E-state index contributed by atoms with van der Waals surface area (Å²) in [6.45, 7) is 1.98. The Bertz CT molecular complexity index is 1020. The molecule has 30 heavy (non-hydrogen) atoms. The predicted molar refractivity (Wildman–Crippen MR) is 114 cm³/mol. The molecule has 0 bridgehead atoms. The standard InChI is InChI=1S/C23H25ClFN3O2/c1-3-4-7-23(30)11-15-8-14(9-16(15)12-23)20-21(28(2)13-26-20)22(29)27-17-5-6-19(25)18(24)10-17/h5-6,10,13-16,30H,3,8-9,11-12H2,1-2H3,(H,27,29). The van der Waals surface area contributed by atoms with Gasteiger partial charge in [0, 0.05) is 25.1 Å². The van der Waals surface area contributed by atoms with Gasteiger partial charge in [-0.25, -0.2) is 9.37 Å². The summed E-state index contributed by atoms with van der Waals surface area (Å²) in [5, 5.41) is 13.5. The number of hydrogen-bond acceptors (Lipinski definition) is 3. The Morgan fingerprint density at radius 2 is 2.10 bits per heavy atom. The molecule has 2 fully saturated rings. The molecule has 2 aromatic rings. The van der Waals surface area contributed by atoms with Crippen molar-refractivity contribution in [2.75, 3.05) is 5.32 Å². The molecule has 0 radical (unpaired) electrons. The maximum atomic E-state index is 13.4. The lowest BCUT2D eigenvalue weighted by atomic mass is 9.92. The minimum atomic E-state index is -0.873. The Morgan fingerprint density at radius 1 is 1.40 bits per heavy atom. The SMILES string of the molecule is CCC#CC1(O)CC2CC(c3ncn(C)c3C(=O)Nc3ccc(F)c(Cl)c3)CC2C1. The number of anilines is 1. The van der Waals surface area contributed by atoms with Gasteiger partial charge in [0.15, 0.2) is 0 Å². The number of rotatable bonds is 3. The number of aliphatic hydroxyl groups is 1. The molecule has 1 aromatic carbocycles. The minimum absolute atomic E-state index is 0.0414. The Labute approximate surface area is 180 Å². The molecule has 0 aliphatic heterocycles. The highest BCUT2D eigenvalue weighted by Crippen LogP contribution is 2.53. The van der Waals surface area contributed by atoms with Gasteiger partial charge in [0.2, 0.25) is 0 Å². The van der Waals surface area contributed by atoms with E-state index in [2.05, 4.69) is 22.1 Å². The fourth-order valence-corrected chi connectivity index (χ4v) is 5.21. The van der Waals surface area contributed by atoms with Gasteiger partial charge in [0.05, 0.1) is 17.0 Å². The molecule has 4 rings (SSSR count). The van der Waals surface area contributed by atoms with Crippen molar-refractivity contribution in [1.29, 1.82) is 0 Å². The molecule has 0 saturated heterocycles. The third-order valence-corrected chi connectivity index (χ3v) is 6.57. The van der Waals surface area contributed by atoms with E-state index in [9.17, 15) is 14.3 Å². The number of carbonyl (C=O) groups is 1. The van der Waals surface area contributed by atoms with E-state index in [1.54, 1.807) is 17.9 Å². The van der Waals surface area contributed by atoms with Crippen molar-refractivity contribution in [1.82, 2.24) is 9.55 Å². The number of aryl methyl sites for hydroxylation is 1. The quantitative estimate of drug-likeness (QED) is 0.705. The molecule has 2 aliphatic rings. The second kappa shape index (κ2) is 8.05. The van der Waals surface area contributed by atoms with Gasteiger partial charge in [-0.05, 0) is 55.7 Å². The maximum Gasteiger partial charge on any atom is 0.274 e. The molecule has 1 heterocycles. The van der Waals surface area contributed by atoms with Crippen LogP contribution in [0.4, 0.5) is 10.1 Å². The van der Waals surface area contributed by atoms with Crippen LogP contribution in [0.15, 0.2) is 24.5 Å². The summed E-state index contributed by atoms with van der Waals surface area (Å²) in [5.41, 5.74) is 0.839. The van der Waals surface area contributed by atoms with Crippen LogP contribution in [-0.4, -0.2) is 26.2 Å². The zero-order valence-corrected chi connectivity index (χ0v) is 17.8. The first kappa shape index (κ1) is 20.9. The number of amides is 1. The van der Waals surface area contributed by atoms with E-state index in [1.807, 2.05) is 6.92 Å². The normalized spacial score (nSPS) is 27.4. The fourth-order valence-electron chi connectivity index (χ4n) is 5.03. The first-order valence-corrected chi connectivity index (χ1v) is 10.7. The molecular formula is C23H25ClFN3O2. The summed E-state index contributed by atoms with van der Waals surface area (Å²) < 4.78 is 15.1. The van der Waals surface area contributed by atoms with E-state index in [1.165, 1.54) is 18.2 Å². The summed E-state index contributed by atoms with van der Waals surface area (Å²) in [7, 11) is 1.79. The van der Waals surface area contributed by atoms with Crippen LogP contribution < -0.4 is 5.32 Å². The fraction of sp³-hybridized carbons (Fsp3) is 0.478. The summed E-state index contributed by atoms with van der Waals surface area (Å²) in [6.07, 6.45) is 5.54. The van der Waals surface area contributed by atoms with Crippen LogP contribution in [0.5, 0.6) is 0 Å². The smallest absolute Gasteiger partial charge is 0.274 e. The summed E-state index contributed by atoms with van der Waals surface area (Å²) in [4.78, 5) is 17.5. The lowest BCUT2D eigenvalue weighted by Crippen LogP contribution is -2.23. The van der Waals surface area contributed by atoms with Crippen LogP contribution in [0.25, 0.3) is 0 Å². The van der Waals surface area contributed by atoms with Crippen LogP contribution in [0.3, 0.4) is 0 Å². The number of imidazole rings is 1. The van der Waals surface area contributed by atoms with Crippen LogP contribution in [0.2, 0.25) is 5.02 Å². The first-order chi connectivity index (χ1) is 14.3. The molecule has 2 N–H and O–H groups in total. The molecule has 1 aromatic heterocycles. The van der Waals surface area contributed by atoms with Crippen LogP contribution >= 0.6 is 11.6 Å². The third-order valence-electron chi connectivity index (χ3n) is 6.28. The van der Waals surface area contributed by atoms with E-state index in [-0.39, 0.29) is 16.8 Å². The van der Waals surface area contributed by atoms with Crippen molar-refractivity contribution >= 4 is 23.2 Å². The molecule has 158 valence electrons. The van der Waals surface area contributed by atoms with E-state index in [4.69, 9.17) is 11.6 Å². The van der Waals surface area contributed by atoms with E-state index in [0.717, 1.165) is 25.0 Å². The molecule has 2 aliphatic carbocycles. The predicted octanol–water partition coefficient (Wildman–Crippen LogP) is 4.51. The number of nitrogens with one attached hydrogen (secondary N) is 1. The van der Waals surface area contributed by atoms with E-state index < -0.39 is 11.4 Å². The molecule has 2 unspecified atom stereocenters. The van der Waals surface area contributed by atoms with Crippen molar-refractivity contribution in [2.45, 2.75) is 50.5 Å². The van der Waals surface area contributed by atoms with Gasteiger partial charge in [-0.1, -0.05) is 24.4 Å². The Hall–Kier alpha value is -2.36. The summed E-state index contributed by atoms with van der Waals surface area (Å²) >= 11 is 5.82. The molecular weight excluding hydrogens is 405 g/mol. The Kier molecular flexibility index (Phi) is 5.61. The number of carbonyl (C=O) groups excluding carboxylic acids is 1. The number of nitrogens with zero attached hydrogens (tertiary/aromatic N) is 2. The van der Waals surface area contributed by atoms with Gasteiger partial charge in [-0.3, -0.25) is 4.79 Å². The number of hydrogen-bond donors (Lipinski definition) is 2. The van der Waals surface area contributed by atoms with Crippen LogP contribution in [0.1, 0.15) is 61.1 Å². The first-order valence-electron chi connectivity index (χ1n) is 10.3. The second-order valence-corrected chi connectivity index (χ2v) is 8.86. The van der Waals surface area contributed by atoms with Crippen molar-refractivity contribution in [2.24, 2.45) is 18.9 Å². The third kappa shape index (κ3) is 3.97. The molecule has 0 spiro atoms. The van der Waals surface area contributed by atoms with Crippen LogP contribution in [-0.2, 0) is 7.05 Å². The van der Waals surface area contributed by atoms with Crippen molar-refractivity contribution < 1.29 is 14.3 Å². The number of fused-ring (bicyclic) bond motifs is 1. The average Bonchev–Trinajstić information content (AvgIpc) is 3.34. The molecule has 2 atom stereocenters.